The molecule has 0 fully saturated rings. The van der Waals surface area contributed by atoms with Crippen LogP contribution in [0.4, 0.5) is 5.82 Å². The largest absolute Gasteiger partial charge is 0.383 e. The van der Waals surface area contributed by atoms with Crippen LogP contribution in [0.5, 0.6) is 0 Å². The van der Waals surface area contributed by atoms with Crippen LogP contribution in [0.15, 0.2) is 11.2 Å². The average Bonchev–Trinajstić information content (AvgIpc) is 2.71. The second kappa shape index (κ2) is 3.19. The highest BCUT2D eigenvalue weighted by molar-refractivity contribution is 6.43. The molecule has 7 nitrogen and oxygen atoms in total. The predicted octanol–water partition coefficient (Wildman–Crippen LogP) is -0.710. The molecule has 1 aliphatic rings. The maximum absolute atomic E-state index is 11.7. The summed E-state index contributed by atoms with van der Waals surface area (Å²) < 4.78 is 1.04. The van der Waals surface area contributed by atoms with Crippen LogP contribution in [-0.4, -0.2) is 27.3 Å². The lowest BCUT2D eigenvalue weighted by Gasteiger charge is -1.99. The van der Waals surface area contributed by atoms with Crippen molar-refractivity contribution in [3.63, 3.8) is 0 Å². The lowest BCUT2D eigenvalue weighted by molar-refractivity contribution is -0.119. The Morgan fingerprint density at radius 1 is 1.67 bits per heavy atom. The van der Waals surface area contributed by atoms with Crippen LogP contribution >= 0.6 is 0 Å². The lowest BCUT2D eigenvalue weighted by atomic mass is 10.2. The Labute approximate surface area is 84.9 Å². The molecule has 2 heterocycles. The highest BCUT2D eigenvalue weighted by Crippen LogP contribution is 2.07. The van der Waals surface area contributed by atoms with E-state index >= 15 is 0 Å². The van der Waals surface area contributed by atoms with E-state index in [1.165, 1.54) is 0 Å². The Morgan fingerprint density at radius 3 is 2.87 bits per heavy atom. The summed E-state index contributed by atoms with van der Waals surface area (Å²) >= 11 is 0. The molecule has 78 valence electrons. The monoisotopic (exact) mass is 207 g/mol. The SMILES string of the molecule is Cc1cc(N)n(C(=O)C2=NNC(=O)C2)n1. The molecule has 1 aromatic heterocycles. The number of carbonyl (C=O) groups excluding carboxylic acids is 2. The van der Waals surface area contributed by atoms with Gasteiger partial charge in [0.2, 0.25) is 5.91 Å². The van der Waals surface area contributed by atoms with Crippen LogP contribution in [0.3, 0.4) is 0 Å². The number of hydrogen-bond donors (Lipinski definition) is 2. The van der Waals surface area contributed by atoms with Gasteiger partial charge in [-0.05, 0) is 6.92 Å². The molecule has 7 heteroatoms. The summed E-state index contributed by atoms with van der Waals surface area (Å²) in [6.07, 6.45) is -0.0306. The molecule has 0 bridgehead atoms. The van der Waals surface area contributed by atoms with Gasteiger partial charge in [-0.25, -0.2) is 5.43 Å². The van der Waals surface area contributed by atoms with Gasteiger partial charge >= 0.3 is 0 Å². The number of hydrazone groups is 1. The van der Waals surface area contributed by atoms with Crippen molar-refractivity contribution in [1.82, 2.24) is 15.2 Å². The van der Waals surface area contributed by atoms with Gasteiger partial charge in [0.05, 0.1) is 12.1 Å². The van der Waals surface area contributed by atoms with Gasteiger partial charge in [-0.15, -0.1) is 0 Å². The van der Waals surface area contributed by atoms with Crippen LogP contribution in [0.1, 0.15) is 16.9 Å². The molecular formula is C8H9N5O2. The maximum atomic E-state index is 11.7. The summed E-state index contributed by atoms with van der Waals surface area (Å²) in [6, 6.07) is 1.57. The van der Waals surface area contributed by atoms with Gasteiger partial charge in [-0.1, -0.05) is 0 Å². The first-order chi connectivity index (χ1) is 7.08. The summed E-state index contributed by atoms with van der Waals surface area (Å²) in [7, 11) is 0. The molecule has 0 radical (unpaired) electrons. The number of nitrogen functional groups attached to an aromatic ring is 1. The predicted molar refractivity (Wildman–Crippen MR) is 52.2 cm³/mol. The fourth-order valence-electron chi connectivity index (χ4n) is 1.29. The molecule has 3 N–H and O–H groups in total. The summed E-state index contributed by atoms with van der Waals surface area (Å²) in [4.78, 5) is 22.6. The van der Waals surface area contributed by atoms with E-state index in [-0.39, 0.29) is 23.9 Å². The van der Waals surface area contributed by atoms with Crippen molar-refractivity contribution < 1.29 is 9.59 Å². The third-order valence-corrected chi connectivity index (χ3v) is 1.94. The molecule has 0 saturated carbocycles. The first kappa shape index (κ1) is 9.38. The molecule has 1 aromatic rings. The molecule has 15 heavy (non-hydrogen) atoms. The van der Waals surface area contributed by atoms with E-state index in [4.69, 9.17) is 5.73 Å². The van der Waals surface area contributed by atoms with Gasteiger partial charge in [0, 0.05) is 6.07 Å². The van der Waals surface area contributed by atoms with E-state index in [1.54, 1.807) is 13.0 Å². The molecule has 1 amide bonds. The van der Waals surface area contributed by atoms with Crippen molar-refractivity contribution in [2.24, 2.45) is 5.10 Å². The minimum absolute atomic E-state index is 0.0306. The van der Waals surface area contributed by atoms with Crippen molar-refractivity contribution >= 4 is 23.3 Å². The Bertz CT molecular complexity index is 473. The highest BCUT2D eigenvalue weighted by atomic mass is 16.2. The Morgan fingerprint density at radius 2 is 2.40 bits per heavy atom. The molecule has 0 atom stereocenters. The molecular weight excluding hydrogens is 198 g/mol. The third-order valence-electron chi connectivity index (χ3n) is 1.94. The zero-order chi connectivity index (χ0) is 11.0. The standard InChI is InChI=1S/C8H9N5O2/c1-4-2-6(9)13(12-4)8(15)5-3-7(14)11-10-5/h2H,3,9H2,1H3,(H,11,14). The van der Waals surface area contributed by atoms with E-state index in [0.29, 0.717) is 5.69 Å². The van der Waals surface area contributed by atoms with E-state index in [1.807, 2.05) is 0 Å². The van der Waals surface area contributed by atoms with Gasteiger partial charge in [0.15, 0.2) is 0 Å². The van der Waals surface area contributed by atoms with Crippen molar-refractivity contribution in [1.29, 1.82) is 0 Å². The van der Waals surface area contributed by atoms with Crippen LogP contribution in [0.2, 0.25) is 0 Å². The zero-order valence-corrected chi connectivity index (χ0v) is 8.02. The van der Waals surface area contributed by atoms with Crippen molar-refractivity contribution in [3.8, 4) is 0 Å². The topological polar surface area (TPSA) is 102 Å². The number of anilines is 1. The second-order valence-corrected chi connectivity index (χ2v) is 3.20. The summed E-state index contributed by atoms with van der Waals surface area (Å²) in [6.45, 7) is 1.72. The fraction of sp³-hybridized carbons (Fsp3) is 0.250. The lowest BCUT2D eigenvalue weighted by Crippen LogP contribution is -2.23. The first-order valence-electron chi connectivity index (χ1n) is 4.30. The number of amides is 1. The molecule has 2 rings (SSSR count). The van der Waals surface area contributed by atoms with Crippen LogP contribution in [-0.2, 0) is 4.79 Å². The first-order valence-corrected chi connectivity index (χ1v) is 4.30. The van der Waals surface area contributed by atoms with Crippen molar-refractivity contribution in [2.75, 3.05) is 5.73 Å². The van der Waals surface area contributed by atoms with Crippen LogP contribution in [0.25, 0.3) is 0 Å². The average molecular weight is 207 g/mol. The third kappa shape index (κ3) is 1.58. The number of nitrogens with zero attached hydrogens (tertiary/aromatic N) is 3. The second-order valence-electron chi connectivity index (χ2n) is 3.20. The van der Waals surface area contributed by atoms with Crippen LogP contribution in [0, 0.1) is 6.92 Å². The highest BCUT2D eigenvalue weighted by Gasteiger charge is 2.24. The smallest absolute Gasteiger partial charge is 0.296 e. The van der Waals surface area contributed by atoms with Crippen molar-refractivity contribution in [2.45, 2.75) is 13.3 Å². The fourth-order valence-corrected chi connectivity index (χ4v) is 1.29. The number of rotatable bonds is 1. The number of aromatic nitrogens is 2. The van der Waals surface area contributed by atoms with Crippen molar-refractivity contribution in [3.05, 3.63) is 11.8 Å². The number of nitrogens with two attached hydrogens (primary N) is 1. The van der Waals surface area contributed by atoms with Gasteiger partial charge in [0.1, 0.15) is 11.5 Å². The van der Waals surface area contributed by atoms with Gasteiger partial charge in [0.25, 0.3) is 5.91 Å². The Kier molecular flexibility index (Phi) is 2.00. The quantitative estimate of drug-likeness (QED) is 0.634. The zero-order valence-electron chi connectivity index (χ0n) is 8.02. The normalized spacial score (nSPS) is 15.0. The van der Waals surface area contributed by atoms with Gasteiger partial charge < -0.3 is 5.73 Å². The number of nitrogens with one attached hydrogen (secondary N) is 1. The Balaban J connectivity index is 2.29. The Hall–Kier alpha value is -2.18. The molecule has 0 saturated heterocycles. The van der Waals surface area contributed by atoms with E-state index in [0.717, 1.165) is 4.68 Å². The number of hydrogen-bond acceptors (Lipinski definition) is 5. The molecule has 0 unspecified atom stereocenters. The number of carbonyl (C=O) groups is 2. The van der Waals surface area contributed by atoms with Gasteiger partial charge in [-0.3, -0.25) is 9.59 Å². The minimum atomic E-state index is -0.473. The van der Waals surface area contributed by atoms with E-state index < -0.39 is 5.91 Å². The van der Waals surface area contributed by atoms with E-state index in [9.17, 15) is 9.59 Å². The maximum Gasteiger partial charge on any atom is 0.296 e. The summed E-state index contributed by atoms with van der Waals surface area (Å²) in [5, 5.41) is 7.50. The summed E-state index contributed by atoms with van der Waals surface area (Å²) in [5.74, 6) is -0.542. The molecule has 0 aromatic carbocycles. The number of aryl methyl sites for hydroxylation is 1. The molecule has 1 aliphatic heterocycles. The van der Waals surface area contributed by atoms with Gasteiger partial charge in [-0.2, -0.15) is 14.9 Å². The molecule has 0 aliphatic carbocycles. The minimum Gasteiger partial charge on any atom is -0.383 e. The van der Waals surface area contributed by atoms with Crippen LogP contribution < -0.4 is 11.2 Å². The summed E-state index contributed by atoms with van der Waals surface area (Å²) in [5.41, 5.74) is 8.51. The van der Waals surface area contributed by atoms with E-state index in [2.05, 4.69) is 15.6 Å². The molecule has 0 spiro atoms.